The second-order valence-corrected chi connectivity index (χ2v) is 4.82. The SMILES string of the molecule is CSC(=N)N.NC(N)=NNC(=O)c1ccco1.NNC(=O)c1ccco1.[Na+].[OH-]. The molecule has 0 fully saturated rings. The van der Waals surface area contributed by atoms with Gasteiger partial charge in [0.25, 0.3) is 0 Å². The van der Waals surface area contributed by atoms with E-state index >= 15 is 0 Å². The first kappa shape index (κ1) is 30.2. The van der Waals surface area contributed by atoms with Crippen molar-refractivity contribution in [2.24, 2.45) is 28.1 Å². The number of guanidine groups is 1. The summed E-state index contributed by atoms with van der Waals surface area (Å²) in [5.74, 6) is 4.05. The molecular formula is C13H21N8NaO5S. The molecule has 2 aromatic heterocycles. The average Bonchev–Trinajstić information content (AvgIpc) is 3.33. The number of nitrogen functional groups attached to an aromatic ring is 1. The van der Waals surface area contributed by atoms with Crippen LogP contribution in [0.15, 0.2) is 50.7 Å². The Hall–Kier alpha value is -2.49. The molecule has 0 aliphatic rings. The molecular weight excluding hydrogens is 403 g/mol. The molecule has 2 aromatic rings. The van der Waals surface area contributed by atoms with Crippen molar-refractivity contribution in [3.63, 3.8) is 0 Å². The predicted molar refractivity (Wildman–Crippen MR) is 99.7 cm³/mol. The summed E-state index contributed by atoms with van der Waals surface area (Å²) in [5, 5.41) is 9.95. The van der Waals surface area contributed by atoms with Gasteiger partial charge in [-0.1, -0.05) is 11.8 Å². The van der Waals surface area contributed by atoms with Gasteiger partial charge in [0, 0.05) is 0 Å². The first-order chi connectivity index (χ1) is 12.3. The number of amides is 2. The molecule has 2 amide bonds. The Morgan fingerprint density at radius 2 is 1.50 bits per heavy atom. The maximum Gasteiger partial charge on any atom is 1.00 e. The van der Waals surface area contributed by atoms with Crippen molar-refractivity contribution >= 4 is 34.7 Å². The molecule has 0 radical (unpaired) electrons. The number of hydrogen-bond acceptors (Lipinski definition) is 9. The van der Waals surface area contributed by atoms with E-state index in [4.69, 9.17) is 37.3 Å². The van der Waals surface area contributed by atoms with Gasteiger partial charge in [-0.25, -0.2) is 11.3 Å². The van der Waals surface area contributed by atoms with Crippen LogP contribution in [0.5, 0.6) is 0 Å². The normalized spacial score (nSPS) is 8.07. The number of furan rings is 2. The number of nitrogens with two attached hydrogens (primary N) is 4. The minimum absolute atomic E-state index is 0. The van der Waals surface area contributed by atoms with Crippen LogP contribution < -0.4 is 63.5 Å². The summed E-state index contributed by atoms with van der Waals surface area (Å²) in [6.45, 7) is 0. The van der Waals surface area contributed by atoms with Crippen molar-refractivity contribution in [2.45, 2.75) is 0 Å². The second-order valence-electron chi connectivity index (χ2n) is 3.97. The van der Waals surface area contributed by atoms with Crippen molar-refractivity contribution in [1.82, 2.24) is 10.9 Å². The third kappa shape index (κ3) is 14.7. The van der Waals surface area contributed by atoms with Gasteiger partial charge in [-0.15, -0.1) is 5.10 Å². The third-order valence-electron chi connectivity index (χ3n) is 2.13. The first-order valence-corrected chi connectivity index (χ1v) is 7.89. The Kier molecular flexibility index (Phi) is 19.3. The topological polar surface area (TPSA) is 255 Å². The number of hydrazine groups is 1. The monoisotopic (exact) mass is 424 g/mol. The van der Waals surface area contributed by atoms with Gasteiger partial charge in [-0.3, -0.25) is 20.4 Å². The molecule has 28 heavy (non-hydrogen) atoms. The number of hydrazone groups is 1. The van der Waals surface area contributed by atoms with Crippen LogP contribution in [0, 0.1) is 5.41 Å². The first-order valence-electron chi connectivity index (χ1n) is 6.66. The molecule has 12 N–H and O–H groups in total. The Labute approximate surface area is 186 Å². The number of thioether (sulfide) groups is 1. The minimum atomic E-state index is -0.492. The Balaban J connectivity index is -0.000000349. The van der Waals surface area contributed by atoms with Crippen LogP contribution in [0.25, 0.3) is 0 Å². The number of carbonyl (C=O) groups excluding carboxylic acids is 2. The van der Waals surface area contributed by atoms with Crippen LogP contribution in [-0.2, 0) is 0 Å². The summed E-state index contributed by atoms with van der Waals surface area (Å²) < 4.78 is 9.46. The van der Waals surface area contributed by atoms with E-state index in [1.165, 1.54) is 36.4 Å². The van der Waals surface area contributed by atoms with Gasteiger partial charge in [0.05, 0.1) is 12.5 Å². The molecule has 15 heteroatoms. The van der Waals surface area contributed by atoms with E-state index in [0.29, 0.717) is 0 Å². The zero-order valence-electron chi connectivity index (χ0n) is 15.2. The summed E-state index contributed by atoms with van der Waals surface area (Å²) in [5.41, 5.74) is 18.8. The van der Waals surface area contributed by atoms with E-state index in [1.54, 1.807) is 18.4 Å². The molecule has 0 bridgehead atoms. The van der Waals surface area contributed by atoms with Crippen LogP contribution in [0.3, 0.4) is 0 Å². The standard InChI is InChI=1S/C6H8N4O2.C5H6N2O2.C2H6N2S.Na.H2O/c7-6(8)10-9-5(11)4-2-1-3-12-4;6-7-5(8)4-2-1-3-9-4;1-5-2(3)4;;/h1-3H,(H,9,11)(H4,7,8,10);1-3H,6H2,(H,7,8);1H3,(H3,3,4);;1H2/q;;;+1;/p-1. The molecule has 0 aliphatic heterocycles. The van der Waals surface area contributed by atoms with Gasteiger partial charge in [0.15, 0.2) is 16.7 Å². The van der Waals surface area contributed by atoms with Crippen LogP contribution in [0.4, 0.5) is 0 Å². The number of hydrogen-bond donors (Lipinski definition) is 7. The zero-order chi connectivity index (χ0) is 19.9. The van der Waals surface area contributed by atoms with Crippen molar-refractivity contribution in [3.8, 4) is 0 Å². The predicted octanol–water partition coefficient (Wildman–Crippen LogP) is -3.85. The molecule has 0 aliphatic carbocycles. The minimum Gasteiger partial charge on any atom is -0.870 e. The maximum absolute atomic E-state index is 11.0. The molecule has 2 heterocycles. The molecule has 0 unspecified atom stereocenters. The van der Waals surface area contributed by atoms with E-state index in [1.807, 2.05) is 5.43 Å². The average molecular weight is 424 g/mol. The number of nitrogens with zero attached hydrogens (tertiary/aromatic N) is 1. The summed E-state index contributed by atoms with van der Waals surface area (Å²) in [7, 11) is 0. The van der Waals surface area contributed by atoms with Gasteiger partial charge in [-0.05, 0) is 30.5 Å². The summed E-state index contributed by atoms with van der Waals surface area (Å²) in [6.07, 6.45) is 4.55. The fourth-order valence-corrected chi connectivity index (χ4v) is 1.06. The fourth-order valence-electron chi connectivity index (χ4n) is 1.06. The Morgan fingerprint density at radius 3 is 1.79 bits per heavy atom. The third-order valence-corrected chi connectivity index (χ3v) is 2.57. The van der Waals surface area contributed by atoms with Gasteiger partial charge in [0.1, 0.15) is 0 Å². The number of rotatable bonds is 3. The van der Waals surface area contributed by atoms with E-state index in [2.05, 4.69) is 10.5 Å². The molecule has 2 rings (SSSR count). The molecule has 0 aromatic carbocycles. The molecule has 0 spiro atoms. The quantitative estimate of drug-likeness (QED) is 0.0630. The smallest absolute Gasteiger partial charge is 0.870 e. The number of carbonyl (C=O) groups is 2. The Morgan fingerprint density at radius 1 is 1.07 bits per heavy atom. The zero-order valence-corrected chi connectivity index (χ0v) is 18.0. The largest absolute Gasteiger partial charge is 1.00 e. The van der Waals surface area contributed by atoms with E-state index < -0.39 is 11.8 Å². The van der Waals surface area contributed by atoms with Gasteiger partial charge < -0.3 is 31.5 Å². The molecule has 0 saturated heterocycles. The van der Waals surface area contributed by atoms with E-state index in [0.717, 1.165) is 0 Å². The van der Waals surface area contributed by atoms with Crippen LogP contribution >= 0.6 is 11.8 Å². The van der Waals surface area contributed by atoms with Gasteiger partial charge >= 0.3 is 41.4 Å². The number of amidine groups is 1. The summed E-state index contributed by atoms with van der Waals surface area (Å²) in [4.78, 5) is 21.5. The molecule has 0 atom stereocenters. The van der Waals surface area contributed by atoms with Crippen LogP contribution in [0.2, 0.25) is 0 Å². The molecule has 0 saturated carbocycles. The van der Waals surface area contributed by atoms with Crippen molar-refractivity contribution in [2.75, 3.05) is 6.26 Å². The molecule has 13 nitrogen and oxygen atoms in total. The van der Waals surface area contributed by atoms with Crippen molar-refractivity contribution < 1.29 is 53.5 Å². The maximum atomic E-state index is 11.0. The van der Waals surface area contributed by atoms with Crippen molar-refractivity contribution in [1.29, 1.82) is 5.41 Å². The van der Waals surface area contributed by atoms with E-state index in [9.17, 15) is 9.59 Å². The fraction of sp³-hybridized carbons (Fsp3) is 0.0769. The Bertz CT molecular complexity index is 705. The summed E-state index contributed by atoms with van der Waals surface area (Å²) in [6, 6.07) is 6.23. The summed E-state index contributed by atoms with van der Waals surface area (Å²) >= 11 is 1.24. The van der Waals surface area contributed by atoms with Gasteiger partial charge in [0.2, 0.25) is 5.96 Å². The van der Waals surface area contributed by atoms with Crippen LogP contribution in [-0.4, -0.2) is 34.7 Å². The van der Waals surface area contributed by atoms with Gasteiger partial charge in [-0.2, -0.15) is 0 Å². The van der Waals surface area contributed by atoms with E-state index in [-0.39, 0.29) is 57.7 Å². The van der Waals surface area contributed by atoms with Crippen LogP contribution in [0.1, 0.15) is 21.1 Å². The molecule has 150 valence electrons. The second kappa shape index (κ2) is 17.9. The van der Waals surface area contributed by atoms with Crippen molar-refractivity contribution in [3.05, 3.63) is 48.3 Å². The number of nitrogens with one attached hydrogen (secondary N) is 3.